The van der Waals surface area contributed by atoms with Crippen LogP contribution in [-0.2, 0) is 6.42 Å². The number of carbonyl (C=O) groups excluding carboxylic acids is 2. The van der Waals surface area contributed by atoms with Gasteiger partial charge in [-0.25, -0.2) is 9.78 Å². The van der Waals surface area contributed by atoms with Gasteiger partial charge >= 0.3 is 6.03 Å². The first-order chi connectivity index (χ1) is 13.1. The second kappa shape index (κ2) is 6.90. The van der Waals surface area contributed by atoms with E-state index < -0.39 is 0 Å². The molecule has 2 N–H and O–H groups in total. The van der Waals surface area contributed by atoms with E-state index in [9.17, 15) is 9.59 Å². The van der Waals surface area contributed by atoms with Crippen molar-refractivity contribution >= 4 is 17.8 Å². The highest BCUT2D eigenvalue weighted by Gasteiger charge is 2.42. The predicted molar refractivity (Wildman–Crippen MR) is 101 cm³/mol. The number of pyridine rings is 1. The number of carbonyl (C=O) groups is 2. The molecule has 1 saturated heterocycles. The summed E-state index contributed by atoms with van der Waals surface area (Å²) in [7, 11) is 1.56. The largest absolute Gasteiger partial charge is 0.487 e. The number of nitrogens with one attached hydrogen (secondary N) is 2. The Morgan fingerprint density at radius 2 is 1.96 bits per heavy atom. The maximum atomic E-state index is 12.6. The summed E-state index contributed by atoms with van der Waals surface area (Å²) in [5.74, 6) is 1.11. The Kier molecular flexibility index (Phi) is 4.43. The summed E-state index contributed by atoms with van der Waals surface area (Å²) in [6.45, 7) is 1.24. The SMILES string of the molecule is CNC(=O)c1ccnc(NC(=O)N2CCC3(CC2)Cc2ccccc2O3)c1. The predicted octanol–water partition coefficient (Wildman–Crippen LogP) is 2.44. The number of fused-ring (bicyclic) bond motifs is 1. The standard InChI is InChI=1S/C20H22N4O3/c1-21-18(25)14-6-9-22-17(12-14)23-19(26)24-10-7-20(8-11-24)13-15-4-2-3-5-16(15)27-20/h2-6,9,12H,7-8,10-11,13H2,1H3,(H,21,25)(H,22,23,26). The molecule has 3 heterocycles. The zero-order valence-corrected chi connectivity index (χ0v) is 15.2. The summed E-state index contributed by atoms with van der Waals surface area (Å²) >= 11 is 0. The molecule has 0 aliphatic carbocycles. The second-order valence-electron chi connectivity index (χ2n) is 7.00. The van der Waals surface area contributed by atoms with Crippen molar-refractivity contribution in [3.8, 4) is 5.75 Å². The van der Waals surface area contributed by atoms with Crippen LogP contribution in [0.4, 0.5) is 10.6 Å². The van der Waals surface area contributed by atoms with Crippen molar-refractivity contribution in [1.82, 2.24) is 15.2 Å². The van der Waals surface area contributed by atoms with E-state index in [2.05, 4.69) is 21.7 Å². The third kappa shape index (κ3) is 3.45. The van der Waals surface area contributed by atoms with Crippen LogP contribution in [0.3, 0.4) is 0 Å². The number of anilines is 1. The van der Waals surface area contributed by atoms with Gasteiger partial charge < -0.3 is 15.0 Å². The fraction of sp³-hybridized carbons (Fsp3) is 0.350. The van der Waals surface area contributed by atoms with Crippen molar-refractivity contribution in [1.29, 1.82) is 0 Å². The summed E-state index contributed by atoms with van der Waals surface area (Å²) in [4.78, 5) is 30.2. The number of urea groups is 1. The highest BCUT2D eigenvalue weighted by Crippen LogP contribution is 2.40. The molecule has 3 amide bonds. The lowest BCUT2D eigenvalue weighted by molar-refractivity contribution is 0.0319. The number of amides is 3. The first-order valence-electron chi connectivity index (χ1n) is 9.10. The van der Waals surface area contributed by atoms with Gasteiger partial charge in [-0.05, 0) is 23.8 Å². The van der Waals surface area contributed by atoms with Gasteiger partial charge in [-0.2, -0.15) is 0 Å². The summed E-state index contributed by atoms with van der Waals surface area (Å²) in [5.41, 5.74) is 1.50. The Hall–Kier alpha value is -3.09. The first-order valence-corrected chi connectivity index (χ1v) is 9.10. The summed E-state index contributed by atoms with van der Waals surface area (Å²) in [6, 6.07) is 11.1. The van der Waals surface area contributed by atoms with E-state index in [1.54, 1.807) is 24.1 Å². The fourth-order valence-electron chi connectivity index (χ4n) is 3.74. The van der Waals surface area contributed by atoms with Crippen molar-refractivity contribution < 1.29 is 14.3 Å². The first kappa shape index (κ1) is 17.3. The third-order valence-electron chi connectivity index (χ3n) is 5.26. The lowest BCUT2D eigenvalue weighted by atomic mass is 9.87. The molecule has 0 atom stereocenters. The van der Waals surface area contributed by atoms with Crippen LogP contribution in [0.25, 0.3) is 0 Å². The average Bonchev–Trinajstić information content (AvgIpc) is 3.05. The van der Waals surface area contributed by atoms with Crippen molar-refractivity contribution in [3.63, 3.8) is 0 Å². The third-order valence-corrected chi connectivity index (χ3v) is 5.26. The Balaban J connectivity index is 1.36. The van der Waals surface area contributed by atoms with Crippen LogP contribution < -0.4 is 15.4 Å². The van der Waals surface area contributed by atoms with Gasteiger partial charge in [0.15, 0.2) is 0 Å². The number of likely N-dealkylation sites (tertiary alicyclic amines) is 1. The van der Waals surface area contributed by atoms with Gasteiger partial charge in [0.1, 0.15) is 17.2 Å². The molecule has 2 aromatic rings. The smallest absolute Gasteiger partial charge is 0.323 e. The highest BCUT2D eigenvalue weighted by molar-refractivity contribution is 5.96. The molecule has 0 bridgehead atoms. The Labute approximate surface area is 157 Å². The number of para-hydroxylation sites is 1. The van der Waals surface area contributed by atoms with E-state index in [0.29, 0.717) is 24.5 Å². The topological polar surface area (TPSA) is 83.6 Å². The number of rotatable bonds is 2. The molecule has 2 aliphatic heterocycles. The molecular formula is C20H22N4O3. The molecule has 0 radical (unpaired) electrons. The summed E-state index contributed by atoms with van der Waals surface area (Å²) < 4.78 is 6.22. The maximum Gasteiger partial charge on any atom is 0.323 e. The van der Waals surface area contributed by atoms with Gasteiger partial charge in [0.05, 0.1) is 0 Å². The van der Waals surface area contributed by atoms with Crippen LogP contribution in [0.15, 0.2) is 42.6 Å². The Morgan fingerprint density at radius 3 is 2.70 bits per heavy atom. The number of nitrogens with zero attached hydrogens (tertiary/aromatic N) is 2. The van der Waals surface area contributed by atoms with Gasteiger partial charge in [-0.15, -0.1) is 0 Å². The molecule has 1 fully saturated rings. The van der Waals surface area contributed by atoms with Crippen molar-refractivity contribution in [2.45, 2.75) is 24.9 Å². The maximum absolute atomic E-state index is 12.6. The van der Waals surface area contributed by atoms with E-state index in [1.807, 2.05) is 18.2 Å². The van der Waals surface area contributed by atoms with Gasteiger partial charge in [0.2, 0.25) is 0 Å². The highest BCUT2D eigenvalue weighted by atomic mass is 16.5. The van der Waals surface area contributed by atoms with E-state index in [4.69, 9.17) is 4.74 Å². The minimum Gasteiger partial charge on any atom is -0.487 e. The Bertz CT molecular complexity index is 848. The molecule has 140 valence electrons. The van der Waals surface area contributed by atoms with Crippen LogP contribution in [0.1, 0.15) is 28.8 Å². The molecule has 2 aliphatic rings. The van der Waals surface area contributed by atoms with Gasteiger partial charge in [0.25, 0.3) is 5.91 Å². The molecule has 1 aromatic carbocycles. The summed E-state index contributed by atoms with van der Waals surface area (Å²) in [6.07, 6.45) is 3.99. The van der Waals surface area contributed by atoms with Crippen LogP contribution in [-0.4, -0.2) is 47.6 Å². The quantitative estimate of drug-likeness (QED) is 0.855. The fourth-order valence-corrected chi connectivity index (χ4v) is 3.74. The zero-order chi connectivity index (χ0) is 18.9. The summed E-state index contributed by atoms with van der Waals surface area (Å²) in [5, 5.41) is 5.34. The van der Waals surface area contributed by atoms with E-state index in [1.165, 1.54) is 11.8 Å². The number of aromatic nitrogens is 1. The van der Waals surface area contributed by atoms with Crippen molar-refractivity contribution in [2.24, 2.45) is 0 Å². The second-order valence-corrected chi connectivity index (χ2v) is 7.00. The molecule has 0 unspecified atom stereocenters. The molecule has 7 nitrogen and oxygen atoms in total. The molecule has 4 rings (SSSR count). The van der Waals surface area contributed by atoms with E-state index >= 15 is 0 Å². The number of piperidine rings is 1. The molecule has 1 spiro atoms. The lowest BCUT2D eigenvalue weighted by Gasteiger charge is -2.38. The van der Waals surface area contributed by atoms with E-state index in [0.717, 1.165) is 25.0 Å². The molecule has 7 heteroatoms. The average molecular weight is 366 g/mol. The normalized spacial score (nSPS) is 17.1. The van der Waals surface area contributed by atoms with Gasteiger partial charge in [-0.3, -0.25) is 10.1 Å². The van der Waals surface area contributed by atoms with Crippen LogP contribution in [0.5, 0.6) is 5.75 Å². The zero-order valence-electron chi connectivity index (χ0n) is 15.2. The van der Waals surface area contributed by atoms with Crippen LogP contribution in [0.2, 0.25) is 0 Å². The lowest BCUT2D eigenvalue weighted by Crippen LogP contribution is -2.50. The minimum atomic E-state index is -0.217. The number of benzene rings is 1. The van der Waals surface area contributed by atoms with E-state index in [-0.39, 0.29) is 17.5 Å². The number of ether oxygens (including phenoxy) is 1. The van der Waals surface area contributed by atoms with Gasteiger partial charge in [-0.1, -0.05) is 18.2 Å². The van der Waals surface area contributed by atoms with Gasteiger partial charge in [0, 0.05) is 51.2 Å². The number of hydrogen-bond donors (Lipinski definition) is 2. The number of hydrogen-bond acceptors (Lipinski definition) is 4. The molecule has 0 saturated carbocycles. The molecular weight excluding hydrogens is 344 g/mol. The van der Waals surface area contributed by atoms with Crippen molar-refractivity contribution in [2.75, 3.05) is 25.5 Å². The Morgan fingerprint density at radius 1 is 1.19 bits per heavy atom. The van der Waals surface area contributed by atoms with Crippen LogP contribution in [0, 0.1) is 0 Å². The monoisotopic (exact) mass is 366 g/mol. The van der Waals surface area contributed by atoms with Crippen LogP contribution >= 0.6 is 0 Å². The minimum absolute atomic E-state index is 0.197. The van der Waals surface area contributed by atoms with Crippen molar-refractivity contribution in [3.05, 3.63) is 53.7 Å². The molecule has 1 aromatic heterocycles. The molecule has 27 heavy (non-hydrogen) atoms.